The highest BCUT2D eigenvalue weighted by atomic mass is 32.1. The molecule has 1 amide bonds. The number of hydrogen-bond acceptors (Lipinski definition) is 4. The summed E-state index contributed by atoms with van der Waals surface area (Å²) in [5.74, 6) is -0.278. The predicted molar refractivity (Wildman–Crippen MR) is 110 cm³/mol. The van der Waals surface area contributed by atoms with E-state index >= 15 is 0 Å². The maximum atomic E-state index is 12.8. The second-order valence-electron chi connectivity index (χ2n) is 6.33. The number of aromatic amines is 1. The number of H-pyrrole nitrogens is 1. The van der Waals surface area contributed by atoms with Crippen LogP contribution in [0.4, 0.5) is 0 Å². The lowest BCUT2D eigenvalue weighted by atomic mass is 10.2. The van der Waals surface area contributed by atoms with Gasteiger partial charge in [0, 0.05) is 6.54 Å². The quantitative estimate of drug-likeness (QED) is 0.549. The van der Waals surface area contributed by atoms with Crippen molar-refractivity contribution >= 4 is 27.5 Å². The molecule has 6 nitrogen and oxygen atoms in total. The van der Waals surface area contributed by atoms with Crippen molar-refractivity contribution < 1.29 is 4.79 Å². The Bertz CT molecular complexity index is 1240. The zero-order chi connectivity index (χ0) is 19.5. The van der Waals surface area contributed by atoms with Crippen molar-refractivity contribution in [2.24, 2.45) is 0 Å². The second kappa shape index (κ2) is 7.66. The first kappa shape index (κ1) is 17.9. The molecule has 28 heavy (non-hydrogen) atoms. The largest absolute Gasteiger partial charge is 0.347 e. The number of hydrogen-bond donors (Lipinski definition) is 2. The molecule has 0 atom stereocenters. The molecule has 2 aromatic heterocycles. The third-order valence-corrected chi connectivity index (χ3v) is 5.43. The number of nitrogens with one attached hydrogen (secondary N) is 2. The highest BCUT2D eigenvalue weighted by molar-refractivity contribution is 7.20. The van der Waals surface area contributed by atoms with E-state index in [1.54, 1.807) is 6.07 Å². The molecule has 0 aliphatic carbocycles. The van der Waals surface area contributed by atoms with E-state index in [4.69, 9.17) is 0 Å². The lowest BCUT2D eigenvalue weighted by Gasteiger charge is -2.04. The number of amides is 1. The van der Waals surface area contributed by atoms with Gasteiger partial charge >= 0.3 is 5.69 Å². The van der Waals surface area contributed by atoms with E-state index in [-0.39, 0.29) is 12.5 Å². The Kier molecular flexibility index (Phi) is 4.90. The van der Waals surface area contributed by atoms with Crippen LogP contribution >= 0.6 is 11.3 Å². The summed E-state index contributed by atoms with van der Waals surface area (Å²) in [7, 11) is 0. The zero-order valence-corrected chi connectivity index (χ0v) is 15.7. The van der Waals surface area contributed by atoms with E-state index < -0.39 is 11.2 Å². The molecular weight excluding hydrogens is 374 g/mol. The SMILES string of the molecule is O=C(NCc1ccccc1)c1cc2c(=O)n(Cc3ccccc3)c(=O)[nH]c2s1. The second-order valence-corrected chi connectivity index (χ2v) is 7.38. The smallest absolute Gasteiger partial charge is 0.329 e. The van der Waals surface area contributed by atoms with Crippen LogP contribution in [0.3, 0.4) is 0 Å². The van der Waals surface area contributed by atoms with Gasteiger partial charge in [-0.15, -0.1) is 11.3 Å². The van der Waals surface area contributed by atoms with Crippen LogP contribution in [-0.2, 0) is 13.1 Å². The Morgan fingerprint density at radius 1 is 0.964 bits per heavy atom. The van der Waals surface area contributed by atoms with Crippen LogP contribution < -0.4 is 16.6 Å². The summed E-state index contributed by atoms with van der Waals surface area (Å²) in [4.78, 5) is 41.1. The molecule has 7 heteroatoms. The minimum Gasteiger partial charge on any atom is -0.347 e. The highest BCUT2D eigenvalue weighted by Crippen LogP contribution is 2.20. The van der Waals surface area contributed by atoms with Crippen molar-refractivity contribution in [1.29, 1.82) is 0 Å². The van der Waals surface area contributed by atoms with Crippen molar-refractivity contribution in [3.05, 3.63) is 104 Å². The Hall–Kier alpha value is -3.45. The topological polar surface area (TPSA) is 84.0 Å². The summed E-state index contributed by atoms with van der Waals surface area (Å²) in [6.07, 6.45) is 0. The summed E-state index contributed by atoms with van der Waals surface area (Å²) in [6, 6.07) is 20.4. The summed E-state index contributed by atoms with van der Waals surface area (Å²) in [5.41, 5.74) is 0.946. The average molecular weight is 391 g/mol. The summed E-state index contributed by atoms with van der Waals surface area (Å²) in [6.45, 7) is 0.568. The third kappa shape index (κ3) is 3.65. The lowest BCUT2D eigenvalue weighted by Crippen LogP contribution is -2.34. The molecule has 0 bridgehead atoms. The van der Waals surface area contributed by atoms with Crippen molar-refractivity contribution in [2.45, 2.75) is 13.1 Å². The van der Waals surface area contributed by atoms with Gasteiger partial charge in [-0.2, -0.15) is 0 Å². The number of benzene rings is 2. The van der Waals surface area contributed by atoms with Gasteiger partial charge in [0.05, 0.1) is 16.8 Å². The van der Waals surface area contributed by atoms with Crippen LogP contribution in [0.1, 0.15) is 20.8 Å². The molecule has 0 aliphatic rings. The molecule has 4 aromatic rings. The molecule has 0 radical (unpaired) electrons. The molecule has 4 rings (SSSR count). The van der Waals surface area contributed by atoms with Gasteiger partial charge in [0.2, 0.25) is 0 Å². The molecular formula is C21H17N3O3S. The Morgan fingerprint density at radius 3 is 2.29 bits per heavy atom. The molecule has 0 saturated carbocycles. The number of carbonyl (C=O) groups excluding carboxylic acids is 1. The van der Waals surface area contributed by atoms with Crippen molar-refractivity contribution in [3.8, 4) is 0 Å². The molecule has 0 aliphatic heterocycles. The monoisotopic (exact) mass is 391 g/mol. The van der Waals surface area contributed by atoms with Crippen LogP contribution in [-0.4, -0.2) is 15.5 Å². The van der Waals surface area contributed by atoms with Crippen LogP contribution in [0.15, 0.2) is 76.3 Å². The van der Waals surface area contributed by atoms with Gasteiger partial charge in [0.25, 0.3) is 11.5 Å². The van der Waals surface area contributed by atoms with E-state index in [2.05, 4.69) is 10.3 Å². The van der Waals surface area contributed by atoms with Crippen molar-refractivity contribution in [2.75, 3.05) is 0 Å². The number of rotatable bonds is 5. The average Bonchev–Trinajstić information content (AvgIpc) is 3.15. The first-order valence-electron chi connectivity index (χ1n) is 8.74. The first-order valence-corrected chi connectivity index (χ1v) is 9.56. The molecule has 0 fully saturated rings. The minimum absolute atomic E-state index is 0.177. The van der Waals surface area contributed by atoms with E-state index in [0.717, 1.165) is 27.0 Å². The summed E-state index contributed by atoms with van der Waals surface area (Å²) in [5, 5.41) is 3.17. The first-order chi connectivity index (χ1) is 13.6. The molecule has 0 unspecified atom stereocenters. The molecule has 0 saturated heterocycles. The number of fused-ring (bicyclic) bond motifs is 1. The van der Waals surface area contributed by atoms with Gasteiger partial charge in [-0.3, -0.25) is 19.1 Å². The fourth-order valence-corrected chi connectivity index (χ4v) is 3.89. The van der Waals surface area contributed by atoms with Crippen molar-refractivity contribution in [3.63, 3.8) is 0 Å². The van der Waals surface area contributed by atoms with Gasteiger partial charge in [-0.05, 0) is 17.2 Å². The van der Waals surface area contributed by atoms with Crippen LogP contribution in [0.25, 0.3) is 10.2 Å². The molecule has 2 heterocycles. The van der Waals surface area contributed by atoms with E-state index in [9.17, 15) is 14.4 Å². The maximum absolute atomic E-state index is 12.8. The van der Waals surface area contributed by atoms with Gasteiger partial charge in [0.1, 0.15) is 4.83 Å². The van der Waals surface area contributed by atoms with Crippen LogP contribution in [0, 0.1) is 0 Å². The molecule has 2 N–H and O–H groups in total. The van der Waals surface area contributed by atoms with Crippen LogP contribution in [0.2, 0.25) is 0 Å². The summed E-state index contributed by atoms with van der Waals surface area (Å²) < 4.78 is 1.15. The Labute approximate surface area is 164 Å². The fraction of sp³-hybridized carbons (Fsp3) is 0.0952. The van der Waals surface area contributed by atoms with Crippen molar-refractivity contribution in [1.82, 2.24) is 14.9 Å². The summed E-state index contributed by atoms with van der Waals surface area (Å²) >= 11 is 1.10. The van der Waals surface area contributed by atoms with Gasteiger partial charge in [-0.25, -0.2) is 4.79 Å². The number of nitrogens with zero attached hydrogens (tertiary/aromatic N) is 1. The maximum Gasteiger partial charge on any atom is 0.329 e. The number of carbonyl (C=O) groups is 1. The van der Waals surface area contributed by atoms with Gasteiger partial charge in [-0.1, -0.05) is 60.7 Å². The molecule has 0 spiro atoms. The van der Waals surface area contributed by atoms with E-state index in [1.165, 1.54) is 0 Å². The third-order valence-electron chi connectivity index (χ3n) is 4.38. The van der Waals surface area contributed by atoms with E-state index in [1.807, 2.05) is 60.7 Å². The van der Waals surface area contributed by atoms with Crippen LogP contribution in [0.5, 0.6) is 0 Å². The Morgan fingerprint density at radius 2 is 1.61 bits per heavy atom. The van der Waals surface area contributed by atoms with E-state index in [0.29, 0.717) is 21.6 Å². The highest BCUT2D eigenvalue weighted by Gasteiger charge is 2.15. The normalized spacial score (nSPS) is 10.9. The predicted octanol–water partition coefficient (Wildman–Crippen LogP) is 2.73. The minimum atomic E-state index is -0.487. The lowest BCUT2D eigenvalue weighted by molar-refractivity contribution is 0.0955. The Balaban J connectivity index is 1.62. The zero-order valence-electron chi connectivity index (χ0n) is 14.8. The fourth-order valence-electron chi connectivity index (χ4n) is 2.93. The number of aromatic nitrogens is 2. The van der Waals surface area contributed by atoms with Gasteiger partial charge in [0.15, 0.2) is 0 Å². The molecule has 2 aromatic carbocycles. The molecule has 140 valence electrons. The standard InChI is InChI=1S/C21H17N3O3S/c25-18(22-12-14-7-3-1-4-8-14)17-11-16-19(28-17)23-21(27)24(20(16)26)13-15-9-5-2-6-10-15/h1-11H,12-13H2,(H,22,25)(H,23,27). The van der Waals surface area contributed by atoms with Gasteiger partial charge < -0.3 is 5.32 Å². The number of thiophene rings is 1.